The molecule has 2 aliphatic rings. The molecule has 136 valence electrons. The van der Waals surface area contributed by atoms with Crippen LogP contribution in [0.15, 0.2) is 40.4 Å². The standard InChI is InChI=1S/C17H15N7O2S/c25-15(13-9-18-17-23(16(13)26)6-7-27-17)19-11-3-1-2-10(8-11)14-20-21-22-24(14)12-4-5-12/h1-3,8-9,12H,4-7H2,(H,19,25). The van der Waals surface area contributed by atoms with Gasteiger partial charge in [0, 0.05) is 29.7 Å². The summed E-state index contributed by atoms with van der Waals surface area (Å²) in [5, 5.41) is 15.4. The van der Waals surface area contributed by atoms with Gasteiger partial charge in [-0.25, -0.2) is 9.67 Å². The van der Waals surface area contributed by atoms with Gasteiger partial charge < -0.3 is 5.32 Å². The predicted octanol–water partition coefficient (Wildman–Crippen LogP) is 1.59. The zero-order valence-electron chi connectivity index (χ0n) is 14.2. The van der Waals surface area contributed by atoms with Crippen molar-refractivity contribution in [1.29, 1.82) is 0 Å². The highest BCUT2D eigenvalue weighted by Gasteiger charge is 2.28. The van der Waals surface area contributed by atoms with E-state index in [1.807, 2.05) is 16.8 Å². The molecular weight excluding hydrogens is 366 g/mol. The summed E-state index contributed by atoms with van der Waals surface area (Å²) >= 11 is 1.51. The summed E-state index contributed by atoms with van der Waals surface area (Å²) < 4.78 is 3.36. The third-order valence-corrected chi connectivity index (χ3v) is 5.54. The molecule has 1 amide bonds. The molecule has 10 heteroatoms. The number of hydrogen-bond acceptors (Lipinski definition) is 7. The zero-order chi connectivity index (χ0) is 18.4. The molecule has 1 aromatic carbocycles. The number of fused-ring (bicyclic) bond motifs is 1. The molecular formula is C17H15N7O2S. The van der Waals surface area contributed by atoms with Crippen molar-refractivity contribution in [3.8, 4) is 11.4 Å². The number of nitrogens with zero attached hydrogens (tertiary/aromatic N) is 6. The van der Waals surface area contributed by atoms with E-state index in [1.54, 1.807) is 16.7 Å². The number of anilines is 1. The molecule has 9 nitrogen and oxygen atoms in total. The second-order valence-corrected chi connectivity index (χ2v) is 7.53. The highest BCUT2D eigenvalue weighted by molar-refractivity contribution is 7.99. The van der Waals surface area contributed by atoms with E-state index < -0.39 is 5.91 Å². The van der Waals surface area contributed by atoms with Gasteiger partial charge in [0.2, 0.25) is 0 Å². The average molecular weight is 381 g/mol. The number of aromatic nitrogens is 6. The van der Waals surface area contributed by atoms with Crippen molar-refractivity contribution in [3.05, 3.63) is 46.4 Å². The zero-order valence-corrected chi connectivity index (χ0v) is 15.0. The second kappa shape index (κ2) is 6.31. The van der Waals surface area contributed by atoms with Gasteiger partial charge in [-0.1, -0.05) is 23.9 Å². The van der Waals surface area contributed by atoms with Crippen LogP contribution in [0.4, 0.5) is 5.69 Å². The Balaban J connectivity index is 1.42. The summed E-state index contributed by atoms with van der Waals surface area (Å²) in [6.45, 7) is 0.576. The Kier molecular flexibility index (Phi) is 3.78. The van der Waals surface area contributed by atoms with Gasteiger partial charge in [0.05, 0.1) is 6.04 Å². The minimum Gasteiger partial charge on any atom is -0.322 e. The first-order valence-electron chi connectivity index (χ1n) is 8.63. The minimum atomic E-state index is -0.473. The van der Waals surface area contributed by atoms with Crippen molar-refractivity contribution in [1.82, 2.24) is 29.8 Å². The Bertz CT molecular complexity index is 1100. The number of thioether (sulfide) groups is 1. The van der Waals surface area contributed by atoms with Gasteiger partial charge in [0.25, 0.3) is 11.5 Å². The number of hydrogen-bond donors (Lipinski definition) is 1. The molecule has 0 radical (unpaired) electrons. The first-order chi connectivity index (χ1) is 13.2. The summed E-state index contributed by atoms with van der Waals surface area (Å²) in [4.78, 5) is 29.3. The fourth-order valence-electron chi connectivity index (χ4n) is 3.06. The smallest absolute Gasteiger partial charge is 0.267 e. The molecule has 1 aliphatic carbocycles. The summed E-state index contributed by atoms with van der Waals surface area (Å²) in [5.41, 5.74) is 1.11. The third kappa shape index (κ3) is 2.91. The highest BCUT2D eigenvalue weighted by atomic mass is 32.2. The van der Waals surface area contributed by atoms with Gasteiger partial charge in [-0.3, -0.25) is 14.2 Å². The minimum absolute atomic E-state index is 0.0365. The molecule has 1 aliphatic heterocycles. The Morgan fingerprint density at radius 2 is 2.19 bits per heavy atom. The van der Waals surface area contributed by atoms with Gasteiger partial charge >= 0.3 is 0 Å². The monoisotopic (exact) mass is 381 g/mol. The second-order valence-electron chi connectivity index (χ2n) is 6.47. The first kappa shape index (κ1) is 16.2. The molecule has 0 spiro atoms. The number of carbonyl (C=O) groups is 1. The van der Waals surface area contributed by atoms with E-state index in [2.05, 4.69) is 25.8 Å². The van der Waals surface area contributed by atoms with Crippen LogP contribution in [-0.2, 0) is 6.54 Å². The van der Waals surface area contributed by atoms with E-state index in [0.717, 1.165) is 24.2 Å². The van der Waals surface area contributed by atoms with Crippen LogP contribution in [0, 0.1) is 0 Å². The molecule has 3 aromatic rings. The molecule has 1 fully saturated rings. The lowest BCUT2D eigenvalue weighted by molar-refractivity contribution is 0.102. The molecule has 0 unspecified atom stereocenters. The van der Waals surface area contributed by atoms with Crippen LogP contribution in [-0.4, -0.2) is 41.4 Å². The van der Waals surface area contributed by atoms with Crippen LogP contribution in [0.2, 0.25) is 0 Å². The quantitative estimate of drug-likeness (QED) is 0.684. The molecule has 0 bridgehead atoms. The van der Waals surface area contributed by atoms with Crippen molar-refractivity contribution in [2.75, 3.05) is 11.1 Å². The Labute approximate surface area is 157 Å². The van der Waals surface area contributed by atoms with Crippen molar-refractivity contribution in [2.45, 2.75) is 30.6 Å². The van der Waals surface area contributed by atoms with Crippen molar-refractivity contribution < 1.29 is 4.79 Å². The van der Waals surface area contributed by atoms with Crippen LogP contribution in [0.25, 0.3) is 11.4 Å². The largest absolute Gasteiger partial charge is 0.322 e. The topological polar surface area (TPSA) is 108 Å². The van der Waals surface area contributed by atoms with Crippen LogP contribution in [0.5, 0.6) is 0 Å². The van der Waals surface area contributed by atoms with E-state index in [9.17, 15) is 9.59 Å². The number of amides is 1. The molecule has 5 rings (SSSR count). The van der Waals surface area contributed by atoms with Crippen LogP contribution in [0.1, 0.15) is 29.2 Å². The SMILES string of the molecule is O=C(Nc1cccc(-c2nnnn2C2CC2)c1)c1cnc2n(c1=O)CCS2. The normalized spacial score (nSPS) is 15.6. The molecule has 2 aromatic heterocycles. The lowest BCUT2D eigenvalue weighted by Gasteiger charge is -2.08. The Morgan fingerprint density at radius 1 is 1.30 bits per heavy atom. The number of benzene rings is 1. The van der Waals surface area contributed by atoms with E-state index >= 15 is 0 Å². The van der Waals surface area contributed by atoms with E-state index in [-0.39, 0.29) is 11.1 Å². The summed E-state index contributed by atoms with van der Waals surface area (Å²) in [7, 11) is 0. The van der Waals surface area contributed by atoms with Gasteiger partial charge in [0.15, 0.2) is 11.0 Å². The molecule has 1 saturated carbocycles. The maximum absolute atomic E-state index is 12.6. The number of rotatable bonds is 4. The molecule has 1 N–H and O–H groups in total. The van der Waals surface area contributed by atoms with E-state index in [4.69, 9.17) is 0 Å². The van der Waals surface area contributed by atoms with Crippen molar-refractivity contribution in [2.24, 2.45) is 0 Å². The average Bonchev–Trinajstić information content (AvgIpc) is 3.19. The molecule has 3 heterocycles. The van der Waals surface area contributed by atoms with Gasteiger partial charge in [-0.2, -0.15) is 0 Å². The van der Waals surface area contributed by atoms with Gasteiger partial charge in [0.1, 0.15) is 5.56 Å². The van der Waals surface area contributed by atoms with Crippen molar-refractivity contribution >= 4 is 23.4 Å². The maximum atomic E-state index is 12.6. The Hall–Kier alpha value is -3.01. The van der Waals surface area contributed by atoms with Gasteiger partial charge in [-0.05, 0) is 35.4 Å². The third-order valence-electron chi connectivity index (χ3n) is 4.57. The Morgan fingerprint density at radius 3 is 3.04 bits per heavy atom. The van der Waals surface area contributed by atoms with Crippen LogP contribution >= 0.6 is 11.8 Å². The number of tetrazole rings is 1. The summed E-state index contributed by atoms with van der Waals surface area (Å²) in [5.74, 6) is 0.994. The maximum Gasteiger partial charge on any atom is 0.267 e. The van der Waals surface area contributed by atoms with E-state index in [1.165, 1.54) is 18.0 Å². The fraction of sp³-hybridized carbons (Fsp3) is 0.294. The molecule has 27 heavy (non-hydrogen) atoms. The van der Waals surface area contributed by atoms with E-state index in [0.29, 0.717) is 29.3 Å². The summed E-state index contributed by atoms with van der Waals surface area (Å²) in [6.07, 6.45) is 3.49. The fourth-order valence-corrected chi connectivity index (χ4v) is 3.97. The first-order valence-corrected chi connectivity index (χ1v) is 9.61. The molecule has 0 atom stereocenters. The van der Waals surface area contributed by atoms with Crippen LogP contribution < -0.4 is 10.9 Å². The molecule has 0 saturated heterocycles. The lowest BCUT2D eigenvalue weighted by Crippen LogP contribution is -2.29. The highest BCUT2D eigenvalue weighted by Crippen LogP contribution is 2.36. The predicted molar refractivity (Wildman–Crippen MR) is 98.7 cm³/mol. The summed E-state index contributed by atoms with van der Waals surface area (Å²) in [6, 6.07) is 7.63. The van der Waals surface area contributed by atoms with Crippen LogP contribution in [0.3, 0.4) is 0 Å². The van der Waals surface area contributed by atoms with Crippen molar-refractivity contribution in [3.63, 3.8) is 0 Å². The number of carbonyl (C=O) groups excluding carboxylic acids is 1. The lowest BCUT2D eigenvalue weighted by atomic mass is 10.2. The van der Waals surface area contributed by atoms with Gasteiger partial charge in [-0.15, -0.1) is 5.10 Å². The number of nitrogens with one attached hydrogen (secondary N) is 1.